The maximum absolute atomic E-state index is 12.4. The van der Waals surface area contributed by atoms with Crippen LogP contribution in [0.15, 0.2) is 0 Å². The van der Waals surface area contributed by atoms with Crippen LogP contribution >= 0.6 is 0 Å². The fourth-order valence-corrected chi connectivity index (χ4v) is 3.49. The van der Waals surface area contributed by atoms with E-state index in [2.05, 4.69) is 25.2 Å². The molecular formula is C15H24N2O2. The summed E-state index contributed by atoms with van der Waals surface area (Å²) in [5.41, 5.74) is -0.678. The number of amides is 1. The average molecular weight is 264 g/mol. The number of ether oxygens (including phenoxy) is 1. The molecule has 2 rings (SSSR count). The largest absolute Gasteiger partial charge is 0.374 e. The summed E-state index contributed by atoms with van der Waals surface area (Å²) >= 11 is 0. The Morgan fingerprint density at radius 1 is 1.37 bits per heavy atom. The van der Waals surface area contributed by atoms with Crippen LogP contribution in [0.4, 0.5) is 0 Å². The maximum atomic E-state index is 12.4. The molecule has 4 nitrogen and oxygen atoms in total. The molecule has 0 saturated carbocycles. The molecule has 2 aliphatic heterocycles. The van der Waals surface area contributed by atoms with E-state index in [1.807, 2.05) is 0 Å². The van der Waals surface area contributed by atoms with Gasteiger partial charge in [-0.2, -0.15) is 5.26 Å². The van der Waals surface area contributed by atoms with Crippen LogP contribution < -0.4 is 5.32 Å². The summed E-state index contributed by atoms with van der Waals surface area (Å²) in [4.78, 5) is 12.4. The zero-order valence-electron chi connectivity index (χ0n) is 11.9. The third-order valence-corrected chi connectivity index (χ3v) is 4.37. The van der Waals surface area contributed by atoms with Gasteiger partial charge < -0.3 is 10.1 Å². The van der Waals surface area contributed by atoms with Gasteiger partial charge in [0.25, 0.3) is 0 Å². The zero-order valence-corrected chi connectivity index (χ0v) is 11.9. The molecule has 106 valence electrons. The van der Waals surface area contributed by atoms with Gasteiger partial charge in [-0.15, -0.1) is 0 Å². The van der Waals surface area contributed by atoms with Crippen molar-refractivity contribution in [1.82, 2.24) is 5.32 Å². The normalized spacial score (nSPS) is 29.2. The number of fused-ring (bicyclic) bond motifs is 2. The number of hydrogen-bond acceptors (Lipinski definition) is 3. The second-order valence-electron chi connectivity index (χ2n) is 5.90. The molecule has 0 unspecified atom stereocenters. The van der Waals surface area contributed by atoms with E-state index in [4.69, 9.17) is 4.74 Å². The van der Waals surface area contributed by atoms with Crippen molar-refractivity contribution in [2.24, 2.45) is 5.92 Å². The van der Waals surface area contributed by atoms with Crippen LogP contribution in [0.2, 0.25) is 0 Å². The van der Waals surface area contributed by atoms with Crippen LogP contribution in [-0.4, -0.2) is 23.7 Å². The van der Waals surface area contributed by atoms with Gasteiger partial charge >= 0.3 is 0 Å². The second kappa shape index (κ2) is 5.92. The van der Waals surface area contributed by atoms with Gasteiger partial charge in [0.1, 0.15) is 5.54 Å². The Balaban J connectivity index is 2.00. The van der Waals surface area contributed by atoms with Gasteiger partial charge in [0.2, 0.25) is 5.91 Å². The molecule has 2 fully saturated rings. The van der Waals surface area contributed by atoms with E-state index in [1.54, 1.807) is 0 Å². The SMILES string of the molecule is CCCC(C#N)(CCC)NC(=O)[C@@H]1C[C@H]2CC[C@H]1O2. The van der Waals surface area contributed by atoms with Crippen molar-refractivity contribution < 1.29 is 9.53 Å². The predicted molar refractivity (Wildman–Crippen MR) is 72.3 cm³/mol. The summed E-state index contributed by atoms with van der Waals surface area (Å²) in [7, 11) is 0. The predicted octanol–water partition coefficient (Wildman–Crippen LogP) is 2.53. The number of carbonyl (C=O) groups is 1. The van der Waals surface area contributed by atoms with Crippen molar-refractivity contribution in [3.05, 3.63) is 0 Å². The number of nitrogens with one attached hydrogen (secondary N) is 1. The Labute approximate surface area is 115 Å². The molecular weight excluding hydrogens is 240 g/mol. The van der Waals surface area contributed by atoms with Gasteiger partial charge in [-0.3, -0.25) is 4.79 Å². The van der Waals surface area contributed by atoms with Crippen molar-refractivity contribution in [1.29, 1.82) is 5.26 Å². The van der Waals surface area contributed by atoms with E-state index in [9.17, 15) is 10.1 Å². The first-order valence-electron chi connectivity index (χ1n) is 7.53. The number of carbonyl (C=O) groups excluding carboxylic acids is 1. The van der Waals surface area contributed by atoms with Gasteiger partial charge in [-0.05, 0) is 32.1 Å². The molecule has 2 bridgehead atoms. The van der Waals surface area contributed by atoms with Gasteiger partial charge in [-0.25, -0.2) is 0 Å². The van der Waals surface area contributed by atoms with Crippen molar-refractivity contribution in [3.8, 4) is 6.07 Å². The first-order chi connectivity index (χ1) is 9.14. The highest BCUT2D eigenvalue weighted by molar-refractivity contribution is 5.81. The minimum atomic E-state index is -0.678. The molecule has 1 N–H and O–H groups in total. The molecule has 4 heteroatoms. The van der Waals surface area contributed by atoms with E-state index in [-0.39, 0.29) is 24.0 Å². The maximum Gasteiger partial charge on any atom is 0.227 e. The lowest BCUT2D eigenvalue weighted by Gasteiger charge is -2.30. The van der Waals surface area contributed by atoms with Gasteiger partial charge in [0.05, 0.1) is 24.2 Å². The fraction of sp³-hybridized carbons (Fsp3) is 0.867. The highest BCUT2D eigenvalue weighted by Gasteiger charge is 2.46. The molecule has 19 heavy (non-hydrogen) atoms. The van der Waals surface area contributed by atoms with Crippen LogP contribution in [0, 0.1) is 17.2 Å². The Bertz CT molecular complexity index is 369. The van der Waals surface area contributed by atoms with Crippen molar-refractivity contribution in [2.75, 3.05) is 0 Å². The molecule has 0 radical (unpaired) electrons. The topological polar surface area (TPSA) is 62.1 Å². The summed E-state index contributed by atoms with van der Waals surface area (Å²) in [6.45, 7) is 4.10. The molecule has 0 aromatic carbocycles. The standard InChI is InChI=1S/C15H24N2O2/c1-3-7-15(10-16,8-4-2)17-14(18)12-9-11-5-6-13(12)19-11/h11-13H,3-9H2,1-2H3,(H,17,18)/t11-,12-,13-/m1/s1. The molecule has 0 spiro atoms. The molecule has 1 amide bonds. The van der Waals surface area contributed by atoms with Crippen molar-refractivity contribution >= 4 is 5.91 Å². The molecule has 2 aliphatic rings. The van der Waals surface area contributed by atoms with E-state index in [0.29, 0.717) is 0 Å². The van der Waals surface area contributed by atoms with E-state index in [0.717, 1.165) is 44.9 Å². The molecule has 2 heterocycles. The fourth-order valence-electron chi connectivity index (χ4n) is 3.49. The van der Waals surface area contributed by atoms with E-state index < -0.39 is 5.54 Å². The lowest BCUT2D eigenvalue weighted by molar-refractivity contribution is -0.128. The van der Waals surface area contributed by atoms with Crippen molar-refractivity contribution in [3.63, 3.8) is 0 Å². The zero-order chi connectivity index (χ0) is 13.9. The summed E-state index contributed by atoms with van der Waals surface area (Å²) in [5, 5.41) is 12.5. The van der Waals surface area contributed by atoms with Crippen molar-refractivity contribution in [2.45, 2.75) is 76.5 Å². The molecule has 0 aromatic rings. The van der Waals surface area contributed by atoms with Crippen LogP contribution in [-0.2, 0) is 9.53 Å². The number of nitrogens with zero attached hydrogens (tertiary/aromatic N) is 1. The molecule has 2 saturated heterocycles. The minimum absolute atomic E-state index is 0.0238. The third-order valence-electron chi connectivity index (χ3n) is 4.37. The average Bonchev–Trinajstić information content (AvgIpc) is 3.01. The third kappa shape index (κ3) is 2.92. The first kappa shape index (κ1) is 14.3. The van der Waals surface area contributed by atoms with E-state index in [1.165, 1.54) is 0 Å². The van der Waals surface area contributed by atoms with Crippen LogP contribution in [0.5, 0.6) is 0 Å². The Kier molecular flexibility index (Phi) is 4.46. The minimum Gasteiger partial charge on any atom is -0.374 e. The summed E-state index contributed by atoms with van der Waals surface area (Å²) in [6, 6.07) is 2.34. The van der Waals surface area contributed by atoms with Gasteiger partial charge in [0, 0.05) is 0 Å². The number of nitriles is 1. The smallest absolute Gasteiger partial charge is 0.227 e. The molecule has 0 aliphatic carbocycles. The number of hydrogen-bond donors (Lipinski definition) is 1. The van der Waals surface area contributed by atoms with Gasteiger partial charge in [-0.1, -0.05) is 26.7 Å². The molecule has 0 aromatic heterocycles. The van der Waals surface area contributed by atoms with E-state index >= 15 is 0 Å². The molecule has 3 atom stereocenters. The Hall–Kier alpha value is -1.08. The summed E-state index contributed by atoms with van der Waals surface area (Å²) in [5.74, 6) is -0.0177. The lowest BCUT2D eigenvalue weighted by atomic mass is 9.85. The second-order valence-corrected chi connectivity index (χ2v) is 5.90. The monoisotopic (exact) mass is 264 g/mol. The summed E-state index contributed by atoms with van der Waals surface area (Å²) in [6.07, 6.45) is 6.53. The Morgan fingerprint density at radius 3 is 2.47 bits per heavy atom. The Morgan fingerprint density at radius 2 is 2.05 bits per heavy atom. The first-order valence-corrected chi connectivity index (χ1v) is 7.53. The van der Waals surface area contributed by atoms with Crippen LogP contribution in [0.1, 0.15) is 58.8 Å². The van der Waals surface area contributed by atoms with Gasteiger partial charge in [0.15, 0.2) is 0 Å². The highest BCUT2D eigenvalue weighted by Crippen LogP contribution is 2.39. The lowest BCUT2D eigenvalue weighted by Crippen LogP contribution is -2.50. The quantitative estimate of drug-likeness (QED) is 0.802. The highest BCUT2D eigenvalue weighted by atomic mass is 16.5. The van der Waals surface area contributed by atoms with Crippen LogP contribution in [0.3, 0.4) is 0 Å². The number of rotatable bonds is 6. The summed E-state index contributed by atoms with van der Waals surface area (Å²) < 4.78 is 5.73. The van der Waals surface area contributed by atoms with Crippen LogP contribution in [0.25, 0.3) is 0 Å².